The molecule has 2 amide bonds. The molecule has 3 aromatic rings. The van der Waals surface area contributed by atoms with Crippen LogP contribution < -0.4 is 15.0 Å². The number of carbonyl (C=O) groups is 2. The van der Waals surface area contributed by atoms with E-state index in [-0.39, 0.29) is 18.2 Å². The number of carbonyl (C=O) groups excluding carboxylic acids is 2. The number of hydrogen-bond acceptors (Lipinski definition) is 4. The lowest BCUT2D eigenvalue weighted by molar-refractivity contribution is -0.137. The van der Waals surface area contributed by atoms with Crippen LogP contribution in [0.5, 0.6) is 5.75 Å². The van der Waals surface area contributed by atoms with Gasteiger partial charge in [-0.25, -0.2) is 0 Å². The van der Waals surface area contributed by atoms with Crippen molar-refractivity contribution in [3.63, 3.8) is 0 Å². The van der Waals surface area contributed by atoms with Crippen molar-refractivity contribution in [1.29, 1.82) is 0 Å². The molecule has 0 aromatic heterocycles. The SMILES string of the molecule is O=C(c1ccccc1OC[C@H]1Nc2ccccc2C(=O)N1c1cccc(C(F)(F)F)c1)N1CCCC1. The summed E-state index contributed by atoms with van der Waals surface area (Å²) in [6.45, 7) is 1.28. The molecular formula is C27H24F3N3O3. The summed E-state index contributed by atoms with van der Waals surface area (Å²) in [6, 6.07) is 18.3. The zero-order chi connectivity index (χ0) is 25.3. The lowest BCUT2D eigenvalue weighted by Gasteiger charge is -2.38. The maximum Gasteiger partial charge on any atom is 0.416 e. The number of hydrogen-bond donors (Lipinski definition) is 1. The van der Waals surface area contributed by atoms with Gasteiger partial charge in [-0.15, -0.1) is 0 Å². The molecular weight excluding hydrogens is 471 g/mol. The van der Waals surface area contributed by atoms with E-state index in [2.05, 4.69) is 5.32 Å². The molecule has 186 valence electrons. The summed E-state index contributed by atoms with van der Waals surface area (Å²) < 4.78 is 46.3. The fourth-order valence-electron chi connectivity index (χ4n) is 4.58. The monoisotopic (exact) mass is 495 g/mol. The number of likely N-dealkylation sites (tertiary alicyclic amines) is 1. The van der Waals surface area contributed by atoms with Gasteiger partial charge in [0.05, 0.1) is 16.7 Å². The van der Waals surface area contributed by atoms with Crippen LogP contribution in [-0.2, 0) is 6.18 Å². The van der Waals surface area contributed by atoms with Gasteiger partial charge in [0.15, 0.2) is 0 Å². The fourth-order valence-corrected chi connectivity index (χ4v) is 4.58. The Morgan fingerprint density at radius 3 is 2.47 bits per heavy atom. The number of rotatable bonds is 5. The number of para-hydroxylation sites is 2. The number of anilines is 2. The van der Waals surface area contributed by atoms with Crippen LogP contribution >= 0.6 is 0 Å². The summed E-state index contributed by atoms with van der Waals surface area (Å²) in [5, 5.41) is 3.21. The number of nitrogens with zero attached hydrogens (tertiary/aromatic N) is 2. The van der Waals surface area contributed by atoms with Crippen molar-refractivity contribution < 1.29 is 27.5 Å². The van der Waals surface area contributed by atoms with E-state index in [4.69, 9.17) is 4.74 Å². The van der Waals surface area contributed by atoms with Crippen molar-refractivity contribution in [3.05, 3.63) is 89.5 Å². The third-order valence-corrected chi connectivity index (χ3v) is 6.37. The van der Waals surface area contributed by atoms with Crippen LogP contribution in [0.1, 0.15) is 39.1 Å². The van der Waals surface area contributed by atoms with Crippen molar-refractivity contribution in [1.82, 2.24) is 4.90 Å². The van der Waals surface area contributed by atoms with Gasteiger partial charge in [0, 0.05) is 24.5 Å². The number of ether oxygens (including phenoxy) is 1. The largest absolute Gasteiger partial charge is 0.489 e. The number of nitrogens with one attached hydrogen (secondary N) is 1. The van der Waals surface area contributed by atoms with Gasteiger partial charge in [-0.3, -0.25) is 14.5 Å². The molecule has 1 N–H and O–H groups in total. The highest BCUT2D eigenvalue weighted by Gasteiger charge is 2.36. The average molecular weight is 496 g/mol. The molecule has 1 fully saturated rings. The molecule has 0 spiro atoms. The summed E-state index contributed by atoms with van der Waals surface area (Å²) in [5.41, 5.74) is 0.545. The third kappa shape index (κ3) is 4.60. The fraction of sp³-hybridized carbons (Fsp3) is 0.259. The Hall–Kier alpha value is -4.01. The van der Waals surface area contributed by atoms with Crippen LogP contribution in [0, 0.1) is 0 Å². The second-order valence-electron chi connectivity index (χ2n) is 8.74. The lowest BCUT2D eigenvalue weighted by atomic mass is 10.1. The molecule has 5 rings (SSSR count). The Morgan fingerprint density at radius 2 is 1.69 bits per heavy atom. The maximum absolute atomic E-state index is 13.4. The number of benzene rings is 3. The Kier molecular flexibility index (Phi) is 6.30. The molecule has 3 aromatic carbocycles. The quantitative estimate of drug-likeness (QED) is 0.514. The van der Waals surface area contributed by atoms with E-state index < -0.39 is 23.8 Å². The Morgan fingerprint density at radius 1 is 0.972 bits per heavy atom. The second kappa shape index (κ2) is 9.56. The topological polar surface area (TPSA) is 61.9 Å². The number of amides is 2. The van der Waals surface area contributed by atoms with Gasteiger partial charge in [0.1, 0.15) is 18.5 Å². The van der Waals surface area contributed by atoms with Crippen LogP contribution in [0.4, 0.5) is 24.5 Å². The Balaban J connectivity index is 1.46. The molecule has 2 aliphatic heterocycles. The highest BCUT2D eigenvalue weighted by Crippen LogP contribution is 2.35. The first-order chi connectivity index (χ1) is 17.3. The minimum atomic E-state index is -4.55. The van der Waals surface area contributed by atoms with Crippen LogP contribution in [-0.4, -0.2) is 42.6 Å². The zero-order valence-electron chi connectivity index (χ0n) is 19.3. The minimum absolute atomic E-state index is 0.0897. The van der Waals surface area contributed by atoms with Crippen molar-refractivity contribution in [2.45, 2.75) is 25.2 Å². The van der Waals surface area contributed by atoms with Crippen molar-refractivity contribution >= 4 is 23.2 Å². The van der Waals surface area contributed by atoms with E-state index in [1.165, 1.54) is 17.0 Å². The Labute approximate surface area is 206 Å². The highest BCUT2D eigenvalue weighted by atomic mass is 19.4. The van der Waals surface area contributed by atoms with Crippen molar-refractivity contribution in [2.24, 2.45) is 0 Å². The summed E-state index contributed by atoms with van der Waals surface area (Å²) in [4.78, 5) is 29.5. The van der Waals surface area contributed by atoms with Gasteiger partial charge < -0.3 is 15.0 Å². The molecule has 9 heteroatoms. The van der Waals surface area contributed by atoms with Crippen molar-refractivity contribution in [2.75, 3.05) is 29.9 Å². The molecule has 2 aliphatic rings. The Bertz CT molecular complexity index is 1290. The maximum atomic E-state index is 13.4. The molecule has 6 nitrogen and oxygen atoms in total. The molecule has 1 atom stereocenters. The predicted octanol–water partition coefficient (Wildman–Crippen LogP) is 5.42. The molecule has 1 saturated heterocycles. The van der Waals surface area contributed by atoms with E-state index in [0.29, 0.717) is 35.7 Å². The van der Waals surface area contributed by atoms with Gasteiger partial charge in [-0.05, 0) is 55.3 Å². The van der Waals surface area contributed by atoms with Gasteiger partial charge in [-0.1, -0.05) is 30.3 Å². The van der Waals surface area contributed by atoms with Gasteiger partial charge in [-0.2, -0.15) is 13.2 Å². The summed E-state index contributed by atoms with van der Waals surface area (Å²) in [5.74, 6) is -0.221. The molecule has 36 heavy (non-hydrogen) atoms. The number of alkyl halides is 3. The first-order valence-corrected chi connectivity index (χ1v) is 11.7. The summed E-state index contributed by atoms with van der Waals surface area (Å²) in [6.07, 6.45) is -3.46. The van der Waals surface area contributed by atoms with E-state index in [9.17, 15) is 22.8 Å². The van der Waals surface area contributed by atoms with Crippen LogP contribution in [0.15, 0.2) is 72.8 Å². The van der Waals surface area contributed by atoms with Gasteiger partial charge in [0.25, 0.3) is 11.8 Å². The number of fused-ring (bicyclic) bond motifs is 1. The summed E-state index contributed by atoms with van der Waals surface area (Å²) in [7, 11) is 0. The second-order valence-corrected chi connectivity index (χ2v) is 8.74. The third-order valence-electron chi connectivity index (χ3n) is 6.37. The van der Waals surface area contributed by atoms with E-state index in [1.54, 1.807) is 53.4 Å². The smallest absolute Gasteiger partial charge is 0.416 e. The lowest BCUT2D eigenvalue weighted by Crippen LogP contribution is -2.52. The molecule has 0 unspecified atom stereocenters. The van der Waals surface area contributed by atoms with Crippen molar-refractivity contribution in [3.8, 4) is 5.75 Å². The highest BCUT2D eigenvalue weighted by molar-refractivity contribution is 6.12. The average Bonchev–Trinajstić information content (AvgIpc) is 3.42. The van der Waals surface area contributed by atoms with E-state index in [1.807, 2.05) is 0 Å². The number of halogens is 3. The van der Waals surface area contributed by atoms with Gasteiger partial charge in [0.2, 0.25) is 0 Å². The summed E-state index contributed by atoms with van der Waals surface area (Å²) >= 11 is 0. The molecule has 0 aliphatic carbocycles. The molecule has 0 bridgehead atoms. The standard InChI is InChI=1S/C27H24F3N3O3/c28-27(29,30)18-8-7-9-19(16-18)33-24(31-22-12-3-1-10-20(22)26(33)35)17-36-23-13-4-2-11-21(23)25(34)32-14-5-6-15-32/h1-4,7-13,16,24,31H,5-6,14-15,17H2/t24-/m0/s1. The molecule has 2 heterocycles. The normalized spacial score (nSPS) is 17.5. The van der Waals surface area contributed by atoms with Crippen LogP contribution in [0.2, 0.25) is 0 Å². The van der Waals surface area contributed by atoms with Gasteiger partial charge >= 0.3 is 6.18 Å². The first-order valence-electron chi connectivity index (χ1n) is 11.7. The first kappa shape index (κ1) is 23.7. The molecule has 0 radical (unpaired) electrons. The van der Waals surface area contributed by atoms with Crippen LogP contribution in [0.3, 0.4) is 0 Å². The van der Waals surface area contributed by atoms with Crippen LogP contribution in [0.25, 0.3) is 0 Å². The zero-order valence-corrected chi connectivity index (χ0v) is 19.3. The van der Waals surface area contributed by atoms with E-state index >= 15 is 0 Å². The van der Waals surface area contributed by atoms with E-state index in [0.717, 1.165) is 25.0 Å². The predicted molar refractivity (Wildman–Crippen MR) is 129 cm³/mol. The minimum Gasteiger partial charge on any atom is -0.489 e. The molecule has 0 saturated carbocycles.